The van der Waals surface area contributed by atoms with Gasteiger partial charge in [0.1, 0.15) is 0 Å². The Morgan fingerprint density at radius 1 is 1.35 bits per heavy atom. The Labute approximate surface area is 103 Å². The van der Waals surface area contributed by atoms with Gasteiger partial charge in [-0.05, 0) is 18.9 Å². The monoisotopic (exact) mass is 235 g/mol. The number of carbonyl (C=O) groups excluding carboxylic acids is 1. The summed E-state index contributed by atoms with van der Waals surface area (Å²) in [4.78, 5) is 11.6. The van der Waals surface area contributed by atoms with Crippen LogP contribution in [0.2, 0.25) is 0 Å². The van der Waals surface area contributed by atoms with Gasteiger partial charge >= 0.3 is 0 Å². The minimum atomic E-state index is -0.525. The Bertz CT molecular complexity index is 337. The highest BCUT2D eigenvalue weighted by Crippen LogP contribution is 2.11. The summed E-state index contributed by atoms with van der Waals surface area (Å²) >= 11 is 0. The van der Waals surface area contributed by atoms with E-state index in [0.717, 1.165) is 12.0 Å². The Balaban J connectivity index is 2.41. The molecule has 0 aliphatic rings. The van der Waals surface area contributed by atoms with E-state index in [0.29, 0.717) is 6.42 Å². The maximum Gasteiger partial charge on any atom is 0.223 e. The van der Waals surface area contributed by atoms with Crippen LogP contribution in [-0.4, -0.2) is 17.1 Å². The Morgan fingerprint density at radius 3 is 2.59 bits per heavy atom. The molecule has 0 spiro atoms. The third-order valence-corrected chi connectivity index (χ3v) is 2.72. The van der Waals surface area contributed by atoms with E-state index in [1.165, 1.54) is 0 Å². The third-order valence-electron chi connectivity index (χ3n) is 2.72. The van der Waals surface area contributed by atoms with Gasteiger partial charge in [-0.15, -0.1) is 0 Å². The number of rotatable bonds is 6. The van der Waals surface area contributed by atoms with Crippen molar-refractivity contribution in [1.29, 1.82) is 0 Å². The number of amides is 1. The van der Waals surface area contributed by atoms with E-state index in [2.05, 4.69) is 5.32 Å². The number of aliphatic hydroxyl groups excluding tert-OH is 1. The summed E-state index contributed by atoms with van der Waals surface area (Å²) in [6.45, 7) is 3.94. The zero-order chi connectivity index (χ0) is 12.7. The van der Waals surface area contributed by atoms with Crippen molar-refractivity contribution in [3.05, 3.63) is 35.9 Å². The van der Waals surface area contributed by atoms with Crippen molar-refractivity contribution in [2.75, 3.05) is 0 Å². The second kappa shape index (κ2) is 7.07. The van der Waals surface area contributed by atoms with Crippen LogP contribution < -0.4 is 5.32 Å². The molecule has 17 heavy (non-hydrogen) atoms. The van der Waals surface area contributed by atoms with E-state index in [-0.39, 0.29) is 18.4 Å². The van der Waals surface area contributed by atoms with Crippen LogP contribution in [0.25, 0.3) is 0 Å². The van der Waals surface area contributed by atoms with E-state index >= 15 is 0 Å². The van der Waals surface area contributed by atoms with Crippen molar-refractivity contribution in [3.8, 4) is 0 Å². The van der Waals surface area contributed by atoms with Crippen LogP contribution in [0.1, 0.15) is 44.7 Å². The predicted octanol–water partition coefficient (Wildman–Crippen LogP) is 2.41. The van der Waals surface area contributed by atoms with Gasteiger partial charge in [-0.3, -0.25) is 4.79 Å². The molecule has 2 unspecified atom stereocenters. The highest BCUT2D eigenvalue weighted by molar-refractivity contribution is 5.76. The molecule has 0 saturated carbocycles. The standard InChI is InChI=1S/C14H21NO2/c1-3-7-13(16)10-14(17)15-11(2)12-8-5-4-6-9-12/h4-6,8-9,11,13,16H,3,7,10H2,1-2H3,(H,15,17). The summed E-state index contributed by atoms with van der Waals surface area (Å²) in [5.41, 5.74) is 1.07. The molecule has 0 aliphatic carbocycles. The summed E-state index contributed by atoms with van der Waals surface area (Å²) < 4.78 is 0. The van der Waals surface area contributed by atoms with Gasteiger partial charge in [0.25, 0.3) is 0 Å². The molecule has 0 aliphatic heterocycles. The van der Waals surface area contributed by atoms with E-state index < -0.39 is 6.10 Å². The average molecular weight is 235 g/mol. The van der Waals surface area contributed by atoms with Crippen LogP contribution in [0, 0.1) is 0 Å². The second-order valence-electron chi connectivity index (χ2n) is 4.35. The zero-order valence-corrected chi connectivity index (χ0v) is 10.5. The normalized spacial score (nSPS) is 14.1. The lowest BCUT2D eigenvalue weighted by atomic mass is 10.1. The van der Waals surface area contributed by atoms with Gasteiger partial charge in [0.2, 0.25) is 5.91 Å². The Morgan fingerprint density at radius 2 is 2.00 bits per heavy atom. The van der Waals surface area contributed by atoms with Crippen LogP contribution in [0.5, 0.6) is 0 Å². The van der Waals surface area contributed by atoms with Crippen molar-refractivity contribution >= 4 is 5.91 Å². The lowest BCUT2D eigenvalue weighted by molar-refractivity contribution is -0.123. The lowest BCUT2D eigenvalue weighted by Crippen LogP contribution is -2.29. The van der Waals surface area contributed by atoms with Crippen LogP contribution in [0.15, 0.2) is 30.3 Å². The molecule has 0 fully saturated rings. The molecule has 1 rings (SSSR count). The number of benzene rings is 1. The zero-order valence-electron chi connectivity index (χ0n) is 10.5. The highest BCUT2D eigenvalue weighted by atomic mass is 16.3. The van der Waals surface area contributed by atoms with Gasteiger partial charge in [0.15, 0.2) is 0 Å². The molecule has 0 aromatic heterocycles. The average Bonchev–Trinajstić information content (AvgIpc) is 2.30. The number of hydrogen-bond donors (Lipinski definition) is 2. The molecule has 1 amide bonds. The molecule has 94 valence electrons. The molecule has 0 bridgehead atoms. The number of nitrogens with one attached hydrogen (secondary N) is 1. The first kappa shape index (κ1) is 13.7. The predicted molar refractivity (Wildman–Crippen MR) is 68.5 cm³/mol. The maximum atomic E-state index is 11.6. The highest BCUT2D eigenvalue weighted by Gasteiger charge is 2.13. The summed E-state index contributed by atoms with van der Waals surface area (Å²) in [5, 5.41) is 12.4. The van der Waals surface area contributed by atoms with Crippen LogP contribution in [-0.2, 0) is 4.79 Å². The molecule has 3 heteroatoms. The minimum Gasteiger partial charge on any atom is -0.393 e. The van der Waals surface area contributed by atoms with Crippen molar-refractivity contribution in [1.82, 2.24) is 5.32 Å². The maximum absolute atomic E-state index is 11.6. The first-order chi connectivity index (χ1) is 8.13. The molecule has 3 nitrogen and oxygen atoms in total. The molecule has 0 saturated heterocycles. The largest absolute Gasteiger partial charge is 0.393 e. The molecule has 2 N–H and O–H groups in total. The van der Waals surface area contributed by atoms with E-state index in [1.807, 2.05) is 44.2 Å². The molecule has 2 atom stereocenters. The van der Waals surface area contributed by atoms with Gasteiger partial charge in [0.05, 0.1) is 18.6 Å². The fraction of sp³-hybridized carbons (Fsp3) is 0.500. The summed E-state index contributed by atoms with van der Waals surface area (Å²) in [6, 6.07) is 9.79. The van der Waals surface area contributed by atoms with Crippen molar-refractivity contribution in [2.45, 2.75) is 45.3 Å². The van der Waals surface area contributed by atoms with Gasteiger partial charge in [-0.2, -0.15) is 0 Å². The third kappa shape index (κ3) is 5.00. The minimum absolute atomic E-state index is 0.0162. The van der Waals surface area contributed by atoms with Crippen LogP contribution >= 0.6 is 0 Å². The Hall–Kier alpha value is -1.35. The van der Waals surface area contributed by atoms with E-state index in [4.69, 9.17) is 0 Å². The molecular weight excluding hydrogens is 214 g/mol. The summed E-state index contributed by atoms with van der Waals surface area (Å²) in [6.07, 6.45) is 1.23. The molecule has 1 aromatic rings. The topological polar surface area (TPSA) is 49.3 Å². The molecule has 1 aromatic carbocycles. The number of aliphatic hydroxyl groups is 1. The van der Waals surface area contributed by atoms with Gasteiger partial charge in [-0.25, -0.2) is 0 Å². The molecule has 0 heterocycles. The van der Waals surface area contributed by atoms with E-state index in [9.17, 15) is 9.90 Å². The summed E-state index contributed by atoms with van der Waals surface area (Å²) in [7, 11) is 0. The second-order valence-corrected chi connectivity index (χ2v) is 4.35. The lowest BCUT2D eigenvalue weighted by Gasteiger charge is -2.15. The van der Waals surface area contributed by atoms with Crippen LogP contribution in [0.3, 0.4) is 0 Å². The van der Waals surface area contributed by atoms with Crippen molar-refractivity contribution in [2.24, 2.45) is 0 Å². The molecule has 0 radical (unpaired) electrons. The van der Waals surface area contributed by atoms with Crippen LogP contribution in [0.4, 0.5) is 0 Å². The number of hydrogen-bond acceptors (Lipinski definition) is 2. The fourth-order valence-electron chi connectivity index (χ4n) is 1.77. The van der Waals surface area contributed by atoms with Crippen molar-refractivity contribution in [3.63, 3.8) is 0 Å². The fourth-order valence-corrected chi connectivity index (χ4v) is 1.77. The van der Waals surface area contributed by atoms with Crippen molar-refractivity contribution < 1.29 is 9.90 Å². The van der Waals surface area contributed by atoms with Gasteiger partial charge < -0.3 is 10.4 Å². The van der Waals surface area contributed by atoms with Gasteiger partial charge in [0, 0.05) is 0 Å². The first-order valence-electron chi connectivity index (χ1n) is 6.15. The molecular formula is C14H21NO2. The van der Waals surface area contributed by atoms with Gasteiger partial charge in [-0.1, -0.05) is 43.7 Å². The smallest absolute Gasteiger partial charge is 0.223 e. The quantitative estimate of drug-likeness (QED) is 0.795. The number of carbonyl (C=O) groups is 1. The summed E-state index contributed by atoms with van der Waals surface area (Å²) in [5.74, 6) is -0.0951. The first-order valence-corrected chi connectivity index (χ1v) is 6.15. The Kier molecular flexibility index (Phi) is 5.70. The van der Waals surface area contributed by atoms with E-state index in [1.54, 1.807) is 0 Å². The SMILES string of the molecule is CCCC(O)CC(=O)NC(C)c1ccccc1.